The number of allylic oxidation sites excluding steroid dienone is 4. The summed E-state index contributed by atoms with van der Waals surface area (Å²) in [6.07, 6.45) is 12.6. The van der Waals surface area contributed by atoms with Crippen molar-refractivity contribution in [3.63, 3.8) is 0 Å². The number of para-hydroxylation sites is 2. The molecule has 4 saturated carbocycles. The Bertz CT molecular complexity index is 1140. The van der Waals surface area contributed by atoms with Crippen LogP contribution in [0.2, 0.25) is 4.22 Å². The van der Waals surface area contributed by atoms with E-state index in [-0.39, 0.29) is 0 Å². The normalized spacial score (nSPS) is 30.6. The van der Waals surface area contributed by atoms with E-state index in [1.165, 1.54) is 37.7 Å². The van der Waals surface area contributed by atoms with Gasteiger partial charge in [-0.1, -0.05) is 0 Å². The van der Waals surface area contributed by atoms with Crippen molar-refractivity contribution >= 4 is 11.4 Å². The Morgan fingerprint density at radius 3 is 2.24 bits per heavy atom. The molecule has 0 N–H and O–H groups in total. The Labute approximate surface area is 212 Å². The van der Waals surface area contributed by atoms with Crippen molar-refractivity contribution < 1.29 is 27.6 Å². The van der Waals surface area contributed by atoms with E-state index in [9.17, 15) is 0 Å². The minimum atomic E-state index is -0.494. The third kappa shape index (κ3) is 4.34. The second-order valence-electron chi connectivity index (χ2n) is 10.7. The predicted octanol–water partition coefficient (Wildman–Crippen LogP) is 7.93. The quantitative estimate of drug-likeness (QED) is 0.388. The zero-order valence-corrected chi connectivity index (χ0v) is 21.7. The first-order chi connectivity index (χ1) is 16.7. The van der Waals surface area contributed by atoms with E-state index in [0.29, 0.717) is 0 Å². The van der Waals surface area contributed by atoms with Gasteiger partial charge in [-0.3, -0.25) is 0 Å². The van der Waals surface area contributed by atoms with Gasteiger partial charge in [0.15, 0.2) is 0 Å². The number of aliphatic imine (C=N–C) groups is 1. The molecule has 0 heterocycles. The molecule has 0 aromatic heterocycles. The number of ether oxygens (including phenoxy) is 1. The molecule has 4 bridgehead atoms. The number of rotatable bonds is 6. The van der Waals surface area contributed by atoms with Crippen LogP contribution in [0.3, 0.4) is 0 Å². The second kappa shape index (κ2) is 9.51. The fourth-order valence-corrected chi connectivity index (χ4v) is 9.12. The first-order valence-corrected chi connectivity index (χ1v) is 14.3. The van der Waals surface area contributed by atoms with E-state index in [1.54, 1.807) is 7.11 Å². The fraction of sp³-hybridized carbons (Fsp3) is 0.433. The molecule has 2 aromatic rings. The molecule has 0 spiro atoms. The minimum absolute atomic E-state index is 0.494. The van der Waals surface area contributed by atoms with Crippen molar-refractivity contribution in [3.05, 3.63) is 72.0 Å². The summed E-state index contributed by atoms with van der Waals surface area (Å²) in [7, 11) is 1.73. The summed E-state index contributed by atoms with van der Waals surface area (Å²) < 4.78 is 13.2. The number of hydrogen-bond acceptors (Lipinski definition) is 3. The molecule has 4 fully saturated rings. The standard InChI is InChI=1S/C20H19NO2.C10H15.Ti/c1-14-11-12-19(22)18(13-14)21-17-9-5-3-7-15(17)16-8-4-6-10-20(16)23-2;1-7-2-9-4-8(1)5-10(3-7)6-9;/h3-12,22H,13H2,1-2H3;1,7-10H,2-6H2;/q;;+1/p-1. The number of hydrogen-bond donors (Lipinski definition) is 0. The van der Waals surface area contributed by atoms with Crippen LogP contribution in [0.25, 0.3) is 11.1 Å². The van der Waals surface area contributed by atoms with Gasteiger partial charge in [0.05, 0.1) is 0 Å². The van der Waals surface area contributed by atoms with Crippen LogP contribution in [0.5, 0.6) is 5.75 Å². The molecule has 0 unspecified atom stereocenters. The van der Waals surface area contributed by atoms with E-state index in [4.69, 9.17) is 13.0 Å². The number of nitrogens with zero attached hydrogens (tertiary/aromatic N) is 1. The summed E-state index contributed by atoms with van der Waals surface area (Å²) >= 11 is -0.494. The maximum absolute atomic E-state index is 6.72. The Morgan fingerprint density at radius 2 is 1.50 bits per heavy atom. The van der Waals surface area contributed by atoms with E-state index < -0.39 is 19.5 Å². The van der Waals surface area contributed by atoms with Gasteiger partial charge in [0.25, 0.3) is 0 Å². The summed E-state index contributed by atoms with van der Waals surface area (Å²) in [5.74, 6) is 5.79. The molecule has 34 heavy (non-hydrogen) atoms. The van der Waals surface area contributed by atoms with E-state index >= 15 is 0 Å². The van der Waals surface area contributed by atoms with Crippen LogP contribution < -0.4 is 4.74 Å². The van der Waals surface area contributed by atoms with Gasteiger partial charge in [-0.2, -0.15) is 0 Å². The zero-order valence-electron chi connectivity index (χ0n) is 20.2. The third-order valence-corrected chi connectivity index (χ3v) is 10.8. The van der Waals surface area contributed by atoms with Gasteiger partial charge in [0.2, 0.25) is 0 Å². The Hall–Kier alpha value is -2.10. The van der Waals surface area contributed by atoms with Crippen molar-refractivity contribution in [2.75, 3.05) is 7.11 Å². The summed E-state index contributed by atoms with van der Waals surface area (Å²) in [4.78, 5) is 5.20. The summed E-state index contributed by atoms with van der Waals surface area (Å²) in [5.41, 5.74) is 5.53. The monoisotopic (exact) mass is 487 g/mol. The van der Waals surface area contributed by atoms with E-state index in [2.05, 4.69) is 55.5 Å². The van der Waals surface area contributed by atoms with Gasteiger partial charge < -0.3 is 0 Å². The molecule has 2 aromatic carbocycles. The van der Waals surface area contributed by atoms with Crippen LogP contribution in [0, 0.1) is 23.7 Å². The molecule has 0 atom stereocenters. The fourth-order valence-electron chi connectivity index (χ4n) is 6.97. The van der Waals surface area contributed by atoms with Crippen molar-refractivity contribution in [2.45, 2.75) is 49.7 Å². The zero-order chi connectivity index (χ0) is 23.1. The Morgan fingerprint density at radius 1 is 0.824 bits per heavy atom. The van der Waals surface area contributed by atoms with Crippen LogP contribution in [0.15, 0.2) is 77.0 Å². The Kier molecular flexibility index (Phi) is 6.26. The van der Waals surface area contributed by atoms with Gasteiger partial charge in [-0.25, -0.2) is 0 Å². The molecular formula is C30H33NO2Ti. The molecule has 0 radical (unpaired) electrons. The van der Waals surface area contributed by atoms with Crippen LogP contribution in [0.1, 0.15) is 45.4 Å². The summed E-state index contributed by atoms with van der Waals surface area (Å²) in [6.45, 7) is 2.18. The van der Waals surface area contributed by atoms with Gasteiger partial charge >= 0.3 is 213 Å². The molecular weight excluding hydrogens is 454 g/mol. The van der Waals surface area contributed by atoms with Crippen molar-refractivity contribution in [3.8, 4) is 16.9 Å². The summed E-state index contributed by atoms with van der Waals surface area (Å²) in [5, 5.41) is 0. The van der Waals surface area contributed by atoms with E-state index in [1.807, 2.05) is 12.1 Å². The van der Waals surface area contributed by atoms with Crippen molar-refractivity contribution in [2.24, 2.45) is 28.7 Å². The van der Waals surface area contributed by atoms with Gasteiger partial charge in [0, 0.05) is 0 Å². The predicted molar refractivity (Wildman–Crippen MR) is 134 cm³/mol. The summed E-state index contributed by atoms with van der Waals surface area (Å²) in [6, 6.07) is 16.6. The van der Waals surface area contributed by atoms with Gasteiger partial charge in [0.1, 0.15) is 0 Å². The SMILES string of the molecule is COc1ccccc1-c1ccccc1N=C1CC(C)=CC=C1[O][Ti][CH]1C2CC3CC(C2)CC1C3. The molecule has 3 nitrogen and oxygen atoms in total. The second-order valence-corrected chi connectivity index (χ2v) is 12.4. The van der Waals surface area contributed by atoms with Crippen LogP contribution >= 0.6 is 0 Å². The van der Waals surface area contributed by atoms with E-state index in [0.717, 1.165) is 68.3 Å². The van der Waals surface area contributed by atoms with Crippen LogP contribution in [-0.2, 0) is 22.9 Å². The molecule has 174 valence electrons. The molecule has 7 rings (SSSR count). The molecule has 5 aliphatic rings. The Balaban J connectivity index is 1.26. The van der Waals surface area contributed by atoms with Crippen LogP contribution in [0.4, 0.5) is 5.69 Å². The number of methoxy groups -OCH3 is 1. The average molecular weight is 487 g/mol. The third-order valence-electron chi connectivity index (χ3n) is 8.34. The van der Waals surface area contributed by atoms with Crippen molar-refractivity contribution in [1.29, 1.82) is 0 Å². The molecule has 0 aliphatic heterocycles. The molecule has 0 amide bonds. The molecule has 5 aliphatic carbocycles. The van der Waals surface area contributed by atoms with Gasteiger partial charge in [-0.15, -0.1) is 0 Å². The van der Waals surface area contributed by atoms with Crippen molar-refractivity contribution in [1.82, 2.24) is 0 Å². The first-order valence-electron chi connectivity index (χ1n) is 12.8. The van der Waals surface area contributed by atoms with Gasteiger partial charge in [-0.05, 0) is 0 Å². The molecule has 0 saturated heterocycles. The first kappa shape index (κ1) is 22.4. The number of benzene rings is 2. The maximum atomic E-state index is 6.72. The topological polar surface area (TPSA) is 30.8 Å². The average Bonchev–Trinajstić information content (AvgIpc) is 2.84. The molecule has 4 heteroatoms. The van der Waals surface area contributed by atoms with Crippen LogP contribution in [-0.4, -0.2) is 12.8 Å².